The van der Waals surface area contributed by atoms with Gasteiger partial charge in [-0.15, -0.1) is 11.3 Å². The van der Waals surface area contributed by atoms with Crippen molar-refractivity contribution >= 4 is 49.7 Å². The van der Waals surface area contributed by atoms with Gasteiger partial charge in [0.2, 0.25) is 5.91 Å². The molecule has 5 rings (SSSR count). The third-order valence-electron chi connectivity index (χ3n) is 7.32. The maximum atomic E-state index is 13.5. The van der Waals surface area contributed by atoms with E-state index in [0.29, 0.717) is 25.2 Å². The average molecular weight is 502 g/mol. The maximum absolute atomic E-state index is 13.5. The van der Waals surface area contributed by atoms with Gasteiger partial charge in [0.25, 0.3) is 5.91 Å². The molecule has 0 aliphatic carbocycles. The molecule has 3 amide bonds. The number of aromatic nitrogens is 1. The van der Waals surface area contributed by atoms with Crippen LogP contribution in [-0.4, -0.2) is 89.5 Å². The highest BCUT2D eigenvalue weighted by Gasteiger charge is 2.48. The molecule has 2 saturated heterocycles. The first-order valence-corrected chi connectivity index (χ1v) is 12.9. The van der Waals surface area contributed by atoms with Gasteiger partial charge < -0.3 is 20.2 Å². The van der Waals surface area contributed by atoms with Crippen molar-refractivity contribution in [1.82, 2.24) is 20.1 Å². The van der Waals surface area contributed by atoms with E-state index in [2.05, 4.69) is 10.3 Å². The third-order valence-corrected chi connectivity index (χ3v) is 8.30. The van der Waals surface area contributed by atoms with E-state index in [1.54, 1.807) is 23.8 Å². The molecule has 183 valence electrons. The molecule has 2 aromatic rings. The summed E-state index contributed by atoms with van der Waals surface area (Å²) in [6.45, 7) is 4.27. The zero-order valence-electron chi connectivity index (χ0n) is 20.2. The minimum Gasteiger partial charge on any atom is -0.391 e. The number of amides is 3. The van der Waals surface area contributed by atoms with Crippen molar-refractivity contribution in [2.75, 3.05) is 13.1 Å². The summed E-state index contributed by atoms with van der Waals surface area (Å²) < 4.78 is 0. The Kier molecular flexibility index (Phi) is 6.50. The van der Waals surface area contributed by atoms with E-state index in [1.807, 2.05) is 31.2 Å². The molecule has 2 N–H and O–H groups in total. The minimum absolute atomic E-state index is 0.114. The smallest absolute Gasteiger partial charge is 0.257 e. The first kappa shape index (κ1) is 24.7. The summed E-state index contributed by atoms with van der Waals surface area (Å²) in [6, 6.07) is 6.46. The van der Waals surface area contributed by atoms with Gasteiger partial charge in [-0.1, -0.05) is 24.3 Å². The normalized spacial score (nSPS) is 27.8. The Labute approximate surface area is 215 Å². The lowest BCUT2D eigenvalue weighted by molar-refractivity contribution is -0.135. The molecular formula is C24H26B2N5O4S. The molecule has 2 fully saturated rings. The molecule has 36 heavy (non-hydrogen) atoms. The van der Waals surface area contributed by atoms with Gasteiger partial charge in [0.1, 0.15) is 11.9 Å². The van der Waals surface area contributed by atoms with Gasteiger partial charge in [-0.3, -0.25) is 14.4 Å². The van der Waals surface area contributed by atoms with Crippen molar-refractivity contribution in [3.8, 4) is 10.4 Å². The molecule has 0 saturated carbocycles. The van der Waals surface area contributed by atoms with Gasteiger partial charge in [-0.05, 0) is 37.8 Å². The average Bonchev–Trinajstić information content (AvgIpc) is 3.66. The second-order valence-electron chi connectivity index (χ2n) is 9.62. The first-order chi connectivity index (χ1) is 17.2. The Hall–Kier alpha value is -2.98. The molecule has 9 nitrogen and oxygen atoms in total. The molecular weight excluding hydrogens is 476 g/mol. The summed E-state index contributed by atoms with van der Waals surface area (Å²) >= 11 is 1.56. The van der Waals surface area contributed by atoms with Crippen LogP contribution < -0.4 is 5.32 Å². The number of rotatable bonds is 5. The highest BCUT2D eigenvalue weighted by Crippen LogP contribution is 2.35. The fourth-order valence-corrected chi connectivity index (χ4v) is 6.14. The van der Waals surface area contributed by atoms with Gasteiger partial charge in [0.15, 0.2) is 18.5 Å². The number of aliphatic hydroxyl groups excluding tert-OH is 1. The summed E-state index contributed by atoms with van der Waals surface area (Å²) in [7, 11) is 6.38. The third kappa shape index (κ3) is 4.16. The van der Waals surface area contributed by atoms with Crippen molar-refractivity contribution in [1.29, 1.82) is 0 Å². The number of benzene rings is 1. The van der Waals surface area contributed by atoms with Crippen LogP contribution >= 0.6 is 11.3 Å². The molecule has 1 aromatic carbocycles. The van der Waals surface area contributed by atoms with E-state index in [-0.39, 0.29) is 24.8 Å². The number of carbonyl (C=O) groups excluding carboxylic acids is 3. The monoisotopic (exact) mass is 502 g/mol. The zero-order chi connectivity index (χ0) is 25.6. The first-order valence-electron chi connectivity index (χ1n) is 12.0. The fraction of sp³-hybridized carbons (Fsp3) is 0.458. The van der Waals surface area contributed by atoms with Crippen LogP contribution in [0.3, 0.4) is 0 Å². The molecule has 4 atom stereocenters. The lowest BCUT2D eigenvalue weighted by atomic mass is 9.55. The second kappa shape index (κ2) is 9.48. The van der Waals surface area contributed by atoms with Crippen LogP contribution in [-0.2, 0) is 15.1 Å². The lowest BCUT2D eigenvalue weighted by Gasteiger charge is -2.31. The number of carbonyl (C=O) groups is 3. The predicted octanol–water partition coefficient (Wildman–Crippen LogP) is 1.20. The number of aliphatic hydroxyl groups is 1. The van der Waals surface area contributed by atoms with Crippen LogP contribution in [0.2, 0.25) is 0 Å². The van der Waals surface area contributed by atoms with E-state index >= 15 is 0 Å². The van der Waals surface area contributed by atoms with E-state index < -0.39 is 29.5 Å². The number of hydrogen-bond donors (Lipinski definition) is 2. The summed E-state index contributed by atoms with van der Waals surface area (Å²) in [5, 5.41) is 13.3. The van der Waals surface area contributed by atoms with Gasteiger partial charge in [-0.25, -0.2) is 9.98 Å². The number of aryl methyl sites for hydroxylation is 1. The number of likely N-dealkylation sites (tertiary alicyclic amines) is 2. The Bertz CT molecular complexity index is 1240. The molecule has 3 radical (unpaired) electrons. The predicted molar refractivity (Wildman–Crippen MR) is 138 cm³/mol. The minimum atomic E-state index is -1.16. The van der Waals surface area contributed by atoms with Crippen LogP contribution in [0.5, 0.6) is 0 Å². The highest BCUT2D eigenvalue weighted by molar-refractivity contribution is 7.13. The SMILES string of the molecule is [B][B]C(=O)N1CCCC1C(=O)N1CC(O)CC1C1=NC(C)(c2ccc(-c3scnc3C)cc2)C(=O)N1. The topological polar surface area (TPSA) is 115 Å². The number of thiazole rings is 1. The van der Waals surface area contributed by atoms with Gasteiger partial charge in [0.05, 0.1) is 28.2 Å². The number of β-amino-alcohol motifs (C(OH)–C–C–N with tert-alkyl or cyclic N) is 1. The van der Waals surface area contributed by atoms with Crippen molar-refractivity contribution < 1.29 is 19.5 Å². The van der Waals surface area contributed by atoms with Crippen LogP contribution in [0.15, 0.2) is 34.8 Å². The van der Waals surface area contributed by atoms with Crippen molar-refractivity contribution in [3.05, 3.63) is 41.0 Å². The van der Waals surface area contributed by atoms with Crippen molar-refractivity contribution in [2.24, 2.45) is 4.99 Å². The Morgan fingerprint density at radius 2 is 2.03 bits per heavy atom. The van der Waals surface area contributed by atoms with E-state index in [0.717, 1.165) is 28.9 Å². The number of nitrogens with one attached hydrogen (secondary N) is 1. The zero-order valence-corrected chi connectivity index (χ0v) is 21.0. The summed E-state index contributed by atoms with van der Waals surface area (Å²) in [5.74, 6) is -0.586. The number of amidine groups is 1. The van der Waals surface area contributed by atoms with E-state index in [1.165, 1.54) is 9.80 Å². The Morgan fingerprint density at radius 1 is 1.28 bits per heavy atom. The van der Waals surface area contributed by atoms with Crippen LogP contribution in [0.1, 0.15) is 37.4 Å². The van der Waals surface area contributed by atoms with Crippen LogP contribution in [0, 0.1) is 6.92 Å². The molecule has 4 unspecified atom stereocenters. The number of hydrogen-bond acceptors (Lipinski definition) is 7. The Balaban J connectivity index is 1.40. The second-order valence-corrected chi connectivity index (χ2v) is 10.5. The summed E-state index contributed by atoms with van der Waals surface area (Å²) in [6.07, 6.45) is 0.733. The van der Waals surface area contributed by atoms with Crippen molar-refractivity contribution in [3.63, 3.8) is 0 Å². The summed E-state index contributed by atoms with van der Waals surface area (Å²) in [4.78, 5) is 52.0. The van der Waals surface area contributed by atoms with Crippen molar-refractivity contribution in [2.45, 2.75) is 56.8 Å². The summed E-state index contributed by atoms with van der Waals surface area (Å²) in [5.41, 5.74) is 3.34. The van der Waals surface area contributed by atoms with E-state index in [9.17, 15) is 19.5 Å². The molecule has 0 spiro atoms. The van der Waals surface area contributed by atoms with Gasteiger partial charge in [-0.2, -0.15) is 0 Å². The molecule has 4 heterocycles. The quantitative estimate of drug-likeness (QED) is 0.597. The highest BCUT2D eigenvalue weighted by atomic mass is 32.1. The molecule has 3 aliphatic rings. The largest absolute Gasteiger partial charge is 0.391 e. The lowest BCUT2D eigenvalue weighted by Crippen LogP contribution is -2.53. The fourth-order valence-electron chi connectivity index (χ4n) is 5.33. The van der Waals surface area contributed by atoms with Crippen LogP contribution in [0.4, 0.5) is 4.79 Å². The molecule has 3 aliphatic heterocycles. The Morgan fingerprint density at radius 3 is 2.69 bits per heavy atom. The number of aliphatic imine (C=N–C) groups is 1. The van der Waals surface area contributed by atoms with Crippen LogP contribution in [0.25, 0.3) is 10.4 Å². The molecule has 1 aromatic heterocycles. The standard InChI is InChI=1S/C24H26B2N5O4S/c1-13-19(36-12-27-13)14-5-7-15(8-6-14)24(2)22(34)28-20(29-24)18-10-16(32)11-31(18)21(33)17-4-3-9-30(17)23(35)26-25/h5-8,12,16-18,32H,3-4,9-11H2,1-2H3,(H,28,29,34). The number of nitrogens with zero attached hydrogens (tertiary/aromatic N) is 4. The molecule has 12 heteroatoms. The van der Waals surface area contributed by atoms with Gasteiger partial charge in [0, 0.05) is 27.2 Å². The van der Waals surface area contributed by atoms with E-state index in [4.69, 9.17) is 12.7 Å². The maximum Gasteiger partial charge on any atom is 0.257 e. The van der Waals surface area contributed by atoms with Gasteiger partial charge >= 0.3 is 0 Å². The molecule has 0 bridgehead atoms.